The Balaban J connectivity index is 1.78. The zero-order valence-electron chi connectivity index (χ0n) is 13.1. The summed E-state index contributed by atoms with van der Waals surface area (Å²) in [4.78, 5) is 23.0. The van der Waals surface area contributed by atoms with Gasteiger partial charge in [0.1, 0.15) is 11.5 Å². The van der Waals surface area contributed by atoms with Crippen LogP contribution in [0.2, 0.25) is 0 Å². The van der Waals surface area contributed by atoms with Crippen molar-refractivity contribution in [2.24, 2.45) is 0 Å². The van der Waals surface area contributed by atoms with E-state index in [1.54, 1.807) is 19.2 Å². The maximum absolute atomic E-state index is 12.8. The van der Waals surface area contributed by atoms with Crippen molar-refractivity contribution in [3.8, 4) is 0 Å². The van der Waals surface area contributed by atoms with E-state index in [0.29, 0.717) is 11.5 Å². The summed E-state index contributed by atoms with van der Waals surface area (Å²) in [5.41, 5.74) is 1.62. The van der Waals surface area contributed by atoms with Crippen LogP contribution in [0.1, 0.15) is 41.1 Å². The van der Waals surface area contributed by atoms with Gasteiger partial charge in [-0.3, -0.25) is 9.48 Å². The number of nitrogens with zero attached hydrogens (tertiary/aromatic N) is 5. The number of rotatable bonds is 3. The zero-order chi connectivity index (χ0) is 15.5. The van der Waals surface area contributed by atoms with Crippen molar-refractivity contribution in [1.82, 2.24) is 24.6 Å². The summed E-state index contributed by atoms with van der Waals surface area (Å²) < 4.78 is 1.93. The van der Waals surface area contributed by atoms with Crippen LogP contribution in [0, 0.1) is 13.8 Å². The van der Waals surface area contributed by atoms with Crippen molar-refractivity contribution in [1.29, 1.82) is 0 Å². The Morgan fingerprint density at radius 1 is 1.36 bits per heavy atom. The molecule has 6 heteroatoms. The van der Waals surface area contributed by atoms with Gasteiger partial charge in [0.05, 0.1) is 18.8 Å². The summed E-state index contributed by atoms with van der Waals surface area (Å²) in [6.07, 6.45) is 8.72. The molecule has 22 heavy (non-hydrogen) atoms. The SMILES string of the molecule is Cc1cnn(C[C@@H]2CCCCN2C(=O)c2ccnc(C)n2)c1. The molecule has 2 aromatic heterocycles. The molecule has 2 aromatic rings. The van der Waals surface area contributed by atoms with Crippen molar-refractivity contribution >= 4 is 5.91 Å². The highest BCUT2D eigenvalue weighted by Crippen LogP contribution is 2.20. The summed E-state index contributed by atoms with van der Waals surface area (Å²) in [5, 5.41) is 4.34. The molecule has 1 aliphatic heterocycles. The molecular weight excluding hydrogens is 278 g/mol. The first-order valence-corrected chi connectivity index (χ1v) is 7.73. The average Bonchev–Trinajstić information content (AvgIpc) is 2.92. The number of aryl methyl sites for hydroxylation is 2. The molecule has 1 fully saturated rings. The van der Waals surface area contributed by atoms with E-state index in [4.69, 9.17) is 0 Å². The van der Waals surface area contributed by atoms with E-state index < -0.39 is 0 Å². The van der Waals surface area contributed by atoms with E-state index >= 15 is 0 Å². The van der Waals surface area contributed by atoms with Gasteiger partial charge in [0.25, 0.3) is 5.91 Å². The molecule has 1 amide bonds. The topological polar surface area (TPSA) is 63.9 Å². The molecule has 0 aromatic carbocycles. The monoisotopic (exact) mass is 299 g/mol. The minimum atomic E-state index is -0.000854. The van der Waals surface area contributed by atoms with Gasteiger partial charge in [-0.05, 0) is 44.7 Å². The molecule has 3 heterocycles. The van der Waals surface area contributed by atoms with Gasteiger partial charge in [-0.2, -0.15) is 5.10 Å². The smallest absolute Gasteiger partial charge is 0.272 e. The Bertz CT molecular complexity index is 666. The summed E-state index contributed by atoms with van der Waals surface area (Å²) in [6.45, 7) is 5.35. The van der Waals surface area contributed by atoms with Gasteiger partial charge in [-0.25, -0.2) is 9.97 Å². The Hall–Kier alpha value is -2.24. The molecule has 0 spiro atoms. The van der Waals surface area contributed by atoms with Gasteiger partial charge in [0, 0.05) is 18.9 Å². The molecule has 3 rings (SSSR count). The van der Waals surface area contributed by atoms with E-state index in [1.807, 2.05) is 28.9 Å². The number of hydrogen-bond acceptors (Lipinski definition) is 4. The number of carbonyl (C=O) groups is 1. The first kappa shape index (κ1) is 14.7. The Kier molecular flexibility index (Phi) is 4.18. The van der Waals surface area contributed by atoms with Crippen LogP contribution in [-0.4, -0.2) is 43.1 Å². The lowest BCUT2D eigenvalue weighted by Gasteiger charge is -2.35. The largest absolute Gasteiger partial charge is 0.332 e. The van der Waals surface area contributed by atoms with Crippen LogP contribution < -0.4 is 0 Å². The van der Waals surface area contributed by atoms with E-state index in [2.05, 4.69) is 15.1 Å². The molecule has 6 nitrogen and oxygen atoms in total. The number of likely N-dealkylation sites (tertiary alicyclic amines) is 1. The molecular formula is C16H21N5O. The van der Waals surface area contributed by atoms with Crippen LogP contribution >= 0.6 is 0 Å². The van der Waals surface area contributed by atoms with Crippen molar-refractivity contribution in [2.45, 2.75) is 45.7 Å². The highest BCUT2D eigenvalue weighted by atomic mass is 16.2. The van der Waals surface area contributed by atoms with Crippen molar-refractivity contribution < 1.29 is 4.79 Å². The van der Waals surface area contributed by atoms with Gasteiger partial charge in [-0.15, -0.1) is 0 Å². The fourth-order valence-corrected chi connectivity index (χ4v) is 2.96. The van der Waals surface area contributed by atoms with Gasteiger partial charge >= 0.3 is 0 Å². The lowest BCUT2D eigenvalue weighted by atomic mass is 10.0. The normalized spacial score (nSPS) is 18.5. The molecule has 0 saturated carbocycles. The molecule has 0 radical (unpaired) electrons. The maximum atomic E-state index is 12.8. The molecule has 1 atom stereocenters. The molecule has 0 unspecified atom stereocenters. The second-order valence-corrected chi connectivity index (χ2v) is 5.88. The van der Waals surface area contributed by atoms with Crippen LogP contribution in [0.5, 0.6) is 0 Å². The number of carbonyl (C=O) groups excluding carboxylic acids is 1. The lowest BCUT2D eigenvalue weighted by Crippen LogP contribution is -2.46. The molecule has 0 aliphatic carbocycles. The fraction of sp³-hybridized carbons (Fsp3) is 0.500. The van der Waals surface area contributed by atoms with Crippen LogP contribution in [-0.2, 0) is 6.54 Å². The summed E-state index contributed by atoms with van der Waals surface area (Å²) in [6, 6.07) is 1.87. The van der Waals surface area contributed by atoms with E-state index in [-0.39, 0.29) is 11.9 Å². The number of amides is 1. The highest BCUT2D eigenvalue weighted by Gasteiger charge is 2.28. The average molecular weight is 299 g/mol. The summed E-state index contributed by atoms with van der Waals surface area (Å²) in [5.74, 6) is 0.626. The van der Waals surface area contributed by atoms with Gasteiger partial charge in [-0.1, -0.05) is 0 Å². The van der Waals surface area contributed by atoms with E-state index in [0.717, 1.165) is 37.9 Å². The molecule has 116 valence electrons. The molecule has 1 aliphatic rings. The van der Waals surface area contributed by atoms with E-state index in [1.165, 1.54) is 0 Å². The van der Waals surface area contributed by atoms with Crippen LogP contribution in [0.25, 0.3) is 0 Å². The van der Waals surface area contributed by atoms with Crippen molar-refractivity contribution in [3.05, 3.63) is 41.7 Å². The van der Waals surface area contributed by atoms with Gasteiger partial charge < -0.3 is 4.90 Å². The third-order valence-electron chi connectivity index (χ3n) is 4.04. The molecule has 0 bridgehead atoms. The Morgan fingerprint density at radius 2 is 2.23 bits per heavy atom. The predicted molar refractivity (Wildman–Crippen MR) is 82.4 cm³/mol. The standard InChI is InChI=1S/C16H21N5O/c1-12-9-18-20(10-12)11-14-5-3-4-8-21(14)16(22)15-6-7-17-13(2)19-15/h6-7,9-10,14H,3-5,8,11H2,1-2H3/t14-/m0/s1. The van der Waals surface area contributed by atoms with Crippen molar-refractivity contribution in [3.63, 3.8) is 0 Å². The maximum Gasteiger partial charge on any atom is 0.272 e. The number of hydrogen-bond donors (Lipinski definition) is 0. The van der Waals surface area contributed by atoms with E-state index in [9.17, 15) is 4.79 Å². The highest BCUT2D eigenvalue weighted by molar-refractivity contribution is 5.92. The second-order valence-electron chi connectivity index (χ2n) is 5.88. The summed E-state index contributed by atoms with van der Waals surface area (Å²) in [7, 11) is 0. The molecule has 1 saturated heterocycles. The number of aromatic nitrogens is 4. The molecule has 0 N–H and O–H groups in total. The number of piperidine rings is 1. The minimum Gasteiger partial charge on any atom is -0.332 e. The lowest BCUT2D eigenvalue weighted by molar-refractivity contribution is 0.0577. The second kappa shape index (κ2) is 6.25. The fourth-order valence-electron chi connectivity index (χ4n) is 2.96. The quantitative estimate of drug-likeness (QED) is 0.869. The van der Waals surface area contributed by atoms with Crippen LogP contribution in [0.4, 0.5) is 0 Å². The third kappa shape index (κ3) is 3.16. The Morgan fingerprint density at radius 3 is 2.95 bits per heavy atom. The van der Waals surface area contributed by atoms with Crippen molar-refractivity contribution in [2.75, 3.05) is 6.54 Å². The Labute approximate surface area is 130 Å². The first-order chi connectivity index (χ1) is 10.6. The third-order valence-corrected chi connectivity index (χ3v) is 4.04. The minimum absolute atomic E-state index is 0.000854. The first-order valence-electron chi connectivity index (χ1n) is 7.73. The van der Waals surface area contributed by atoms with Crippen LogP contribution in [0.3, 0.4) is 0 Å². The zero-order valence-corrected chi connectivity index (χ0v) is 13.1. The predicted octanol–water partition coefficient (Wildman–Crippen LogP) is 1.98. The van der Waals surface area contributed by atoms with Crippen LogP contribution in [0.15, 0.2) is 24.7 Å². The summed E-state index contributed by atoms with van der Waals surface area (Å²) >= 11 is 0. The van der Waals surface area contributed by atoms with Gasteiger partial charge in [0.2, 0.25) is 0 Å². The van der Waals surface area contributed by atoms with Gasteiger partial charge in [0.15, 0.2) is 0 Å².